The number of rotatable bonds is 1. The van der Waals surface area contributed by atoms with E-state index in [9.17, 15) is 4.21 Å². The van der Waals surface area contributed by atoms with E-state index in [0.29, 0.717) is 10.7 Å². The molecule has 1 aromatic rings. The predicted molar refractivity (Wildman–Crippen MR) is 55.8 cm³/mol. The van der Waals surface area contributed by atoms with Crippen molar-refractivity contribution in [2.75, 3.05) is 6.26 Å². The topological polar surface area (TPSA) is 66.7 Å². The summed E-state index contributed by atoms with van der Waals surface area (Å²) in [5.41, 5.74) is -0.116. The van der Waals surface area contributed by atoms with Gasteiger partial charge in [0.2, 0.25) is 0 Å². The van der Waals surface area contributed by atoms with E-state index in [1.807, 2.05) is 20.8 Å². The maximum absolute atomic E-state index is 11.3. The van der Waals surface area contributed by atoms with Crippen LogP contribution in [0.1, 0.15) is 26.6 Å². The van der Waals surface area contributed by atoms with Crippen molar-refractivity contribution < 1.29 is 4.21 Å². The van der Waals surface area contributed by atoms with Crippen LogP contribution in [-0.4, -0.2) is 20.4 Å². The van der Waals surface area contributed by atoms with E-state index >= 15 is 0 Å². The van der Waals surface area contributed by atoms with Gasteiger partial charge in [0.25, 0.3) is 0 Å². The van der Waals surface area contributed by atoms with E-state index in [2.05, 4.69) is 9.97 Å². The van der Waals surface area contributed by atoms with Gasteiger partial charge in [-0.3, -0.25) is 0 Å². The predicted octanol–water partition coefficient (Wildman–Crippen LogP) is 1.81. The molecular weight excluding hydrogens is 198 g/mol. The van der Waals surface area contributed by atoms with Gasteiger partial charge in [0.05, 0.1) is 14.6 Å². The summed E-state index contributed by atoms with van der Waals surface area (Å²) in [5, 5.41) is 0. The van der Waals surface area contributed by atoms with E-state index in [1.165, 1.54) is 18.6 Å². The molecule has 0 amide bonds. The molecule has 1 rings (SSSR count). The molecule has 0 saturated carbocycles. The SMILES string of the molecule is CC(C)(C)c1ncc([S@](C)(=N)=O)cn1. The molecule has 0 aliphatic rings. The molecule has 0 bridgehead atoms. The van der Waals surface area contributed by atoms with Crippen molar-refractivity contribution in [1.29, 1.82) is 4.78 Å². The molecule has 4 nitrogen and oxygen atoms in total. The van der Waals surface area contributed by atoms with Gasteiger partial charge in [0.1, 0.15) is 5.82 Å². The summed E-state index contributed by atoms with van der Waals surface area (Å²) in [7, 11) is -2.69. The molecule has 0 aliphatic carbocycles. The number of aromatic nitrogens is 2. The van der Waals surface area contributed by atoms with Crippen LogP contribution in [-0.2, 0) is 15.1 Å². The Morgan fingerprint density at radius 2 is 1.71 bits per heavy atom. The summed E-state index contributed by atoms with van der Waals surface area (Å²) in [6, 6.07) is 0. The van der Waals surface area contributed by atoms with Gasteiger partial charge in [-0.1, -0.05) is 20.8 Å². The smallest absolute Gasteiger partial charge is 0.133 e. The van der Waals surface area contributed by atoms with Crippen molar-refractivity contribution in [2.24, 2.45) is 0 Å². The van der Waals surface area contributed by atoms with Crippen LogP contribution in [0.3, 0.4) is 0 Å². The van der Waals surface area contributed by atoms with E-state index in [1.54, 1.807) is 0 Å². The van der Waals surface area contributed by atoms with E-state index in [0.717, 1.165) is 0 Å². The van der Waals surface area contributed by atoms with Gasteiger partial charge in [-0.05, 0) is 0 Å². The first-order valence-electron chi connectivity index (χ1n) is 4.27. The molecule has 5 heteroatoms. The lowest BCUT2D eigenvalue weighted by Gasteiger charge is -2.15. The minimum Gasteiger partial charge on any atom is -0.249 e. The standard InChI is InChI=1S/C9H15N3OS/c1-9(2,3)8-11-5-7(6-12-8)14(4,10)13/h5-6,10H,1-4H3/t14-/m1/s1. The lowest BCUT2D eigenvalue weighted by molar-refractivity contribution is 0.542. The van der Waals surface area contributed by atoms with Gasteiger partial charge in [0.15, 0.2) is 0 Å². The molecule has 14 heavy (non-hydrogen) atoms. The molecule has 1 heterocycles. The minimum absolute atomic E-state index is 0.116. The quantitative estimate of drug-likeness (QED) is 0.773. The third kappa shape index (κ3) is 2.51. The zero-order valence-corrected chi connectivity index (χ0v) is 9.68. The van der Waals surface area contributed by atoms with Crippen molar-refractivity contribution in [2.45, 2.75) is 31.1 Å². The third-order valence-electron chi connectivity index (χ3n) is 1.75. The summed E-state index contributed by atoms with van der Waals surface area (Å²) in [6.45, 7) is 6.02. The molecule has 0 unspecified atom stereocenters. The molecule has 0 spiro atoms. The van der Waals surface area contributed by atoms with Gasteiger partial charge in [0, 0.05) is 24.1 Å². The summed E-state index contributed by atoms with van der Waals surface area (Å²) >= 11 is 0. The van der Waals surface area contributed by atoms with Crippen molar-refractivity contribution in [3.8, 4) is 0 Å². The zero-order valence-electron chi connectivity index (χ0n) is 8.87. The fourth-order valence-corrected chi connectivity index (χ4v) is 1.41. The average Bonchev–Trinajstić information content (AvgIpc) is 2.01. The molecule has 0 saturated heterocycles. The summed E-state index contributed by atoms with van der Waals surface area (Å²) < 4.78 is 18.7. The third-order valence-corrected chi connectivity index (χ3v) is 2.86. The zero-order chi connectivity index (χ0) is 11.0. The Labute approximate surface area is 84.8 Å². The second kappa shape index (κ2) is 3.31. The Balaban J connectivity index is 3.14. The fourth-order valence-electron chi connectivity index (χ4n) is 0.905. The Hall–Kier alpha value is -0.970. The first kappa shape index (κ1) is 11.1. The molecule has 0 aliphatic heterocycles. The Morgan fingerprint density at radius 1 is 1.29 bits per heavy atom. The fraction of sp³-hybridized carbons (Fsp3) is 0.556. The first-order valence-corrected chi connectivity index (χ1v) is 6.24. The van der Waals surface area contributed by atoms with Crippen LogP contribution < -0.4 is 0 Å². The van der Waals surface area contributed by atoms with Gasteiger partial charge in [-0.15, -0.1) is 0 Å². The highest BCUT2D eigenvalue weighted by Gasteiger charge is 2.17. The monoisotopic (exact) mass is 213 g/mol. The van der Waals surface area contributed by atoms with Crippen molar-refractivity contribution in [3.63, 3.8) is 0 Å². The average molecular weight is 213 g/mol. The van der Waals surface area contributed by atoms with Crippen LogP contribution in [0.15, 0.2) is 17.3 Å². The van der Waals surface area contributed by atoms with E-state index in [4.69, 9.17) is 4.78 Å². The normalized spacial score (nSPS) is 16.3. The molecule has 0 fully saturated rings. The summed E-state index contributed by atoms with van der Waals surface area (Å²) in [4.78, 5) is 8.59. The van der Waals surface area contributed by atoms with Crippen LogP contribution in [0.2, 0.25) is 0 Å². The van der Waals surface area contributed by atoms with Crippen LogP contribution in [0.4, 0.5) is 0 Å². The lowest BCUT2D eigenvalue weighted by atomic mass is 9.96. The Bertz CT molecular complexity index is 414. The minimum atomic E-state index is -2.69. The highest BCUT2D eigenvalue weighted by molar-refractivity contribution is 7.91. The number of hydrogen-bond acceptors (Lipinski definition) is 4. The molecule has 0 radical (unpaired) electrons. The van der Waals surface area contributed by atoms with Gasteiger partial charge >= 0.3 is 0 Å². The van der Waals surface area contributed by atoms with Crippen LogP contribution in [0, 0.1) is 4.78 Å². The number of nitrogens with one attached hydrogen (secondary N) is 1. The molecule has 0 aromatic carbocycles. The second-order valence-electron chi connectivity index (χ2n) is 4.34. The van der Waals surface area contributed by atoms with Crippen LogP contribution in [0.5, 0.6) is 0 Å². The van der Waals surface area contributed by atoms with Gasteiger partial charge < -0.3 is 0 Å². The van der Waals surface area contributed by atoms with Crippen molar-refractivity contribution in [3.05, 3.63) is 18.2 Å². The Morgan fingerprint density at radius 3 is 2.00 bits per heavy atom. The highest BCUT2D eigenvalue weighted by atomic mass is 32.2. The maximum Gasteiger partial charge on any atom is 0.133 e. The van der Waals surface area contributed by atoms with E-state index in [-0.39, 0.29) is 5.41 Å². The largest absolute Gasteiger partial charge is 0.249 e. The van der Waals surface area contributed by atoms with Crippen molar-refractivity contribution >= 4 is 9.73 Å². The van der Waals surface area contributed by atoms with E-state index < -0.39 is 9.73 Å². The van der Waals surface area contributed by atoms with Gasteiger partial charge in [-0.2, -0.15) is 0 Å². The molecule has 1 N–H and O–H groups in total. The second-order valence-corrected chi connectivity index (χ2v) is 6.49. The number of nitrogens with zero attached hydrogens (tertiary/aromatic N) is 2. The van der Waals surface area contributed by atoms with Crippen LogP contribution >= 0.6 is 0 Å². The molecule has 1 aromatic heterocycles. The van der Waals surface area contributed by atoms with Crippen molar-refractivity contribution in [1.82, 2.24) is 9.97 Å². The molecular formula is C9H15N3OS. The molecule has 78 valence electrons. The molecule has 1 atom stereocenters. The van der Waals surface area contributed by atoms with Crippen LogP contribution in [0.25, 0.3) is 0 Å². The number of hydrogen-bond donors (Lipinski definition) is 1. The summed E-state index contributed by atoms with van der Waals surface area (Å²) in [5.74, 6) is 0.699. The maximum atomic E-state index is 11.3. The lowest BCUT2D eigenvalue weighted by Crippen LogP contribution is -2.16. The Kier molecular flexibility index (Phi) is 2.63. The first-order chi connectivity index (χ1) is 6.21. The highest BCUT2D eigenvalue weighted by Crippen LogP contribution is 2.18. The summed E-state index contributed by atoms with van der Waals surface area (Å²) in [6.07, 6.45) is 4.31. The van der Waals surface area contributed by atoms with Gasteiger partial charge in [-0.25, -0.2) is 19.0 Å².